The van der Waals surface area contributed by atoms with Crippen LogP contribution in [0.3, 0.4) is 0 Å². The molecule has 0 bridgehead atoms. The number of aliphatic hydroxyl groups is 1. The largest absolute Gasteiger partial charge is 0.479 e. The fourth-order valence-electron chi connectivity index (χ4n) is 2.48. The van der Waals surface area contributed by atoms with E-state index in [0.29, 0.717) is 26.2 Å². The predicted octanol–water partition coefficient (Wildman–Crippen LogP) is -1.50. The Kier molecular flexibility index (Phi) is 5.16. The first kappa shape index (κ1) is 15.0. The number of carbonyl (C=O) groups excluding carboxylic acids is 1. The van der Waals surface area contributed by atoms with Crippen LogP contribution in [0, 0.1) is 0 Å². The first-order valence-electron chi connectivity index (χ1n) is 6.83. The molecule has 0 aromatic rings. The van der Waals surface area contributed by atoms with Gasteiger partial charge in [0.1, 0.15) is 0 Å². The number of ether oxygens (including phenoxy) is 1. The van der Waals surface area contributed by atoms with Crippen LogP contribution in [-0.2, 0) is 9.53 Å². The van der Waals surface area contributed by atoms with Gasteiger partial charge in [-0.2, -0.15) is 0 Å². The number of morpholine rings is 1. The number of urea groups is 1. The van der Waals surface area contributed by atoms with E-state index in [1.54, 1.807) is 9.80 Å². The van der Waals surface area contributed by atoms with Crippen LogP contribution in [0.4, 0.5) is 4.79 Å². The highest BCUT2D eigenvalue weighted by atomic mass is 16.5. The molecule has 2 saturated heterocycles. The molecule has 8 nitrogen and oxygen atoms in total. The van der Waals surface area contributed by atoms with E-state index >= 15 is 0 Å². The van der Waals surface area contributed by atoms with Crippen LogP contribution in [0.15, 0.2) is 0 Å². The van der Waals surface area contributed by atoms with Gasteiger partial charge < -0.3 is 24.7 Å². The van der Waals surface area contributed by atoms with Crippen LogP contribution in [0.1, 0.15) is 0 Å². The zero-order valence-corrected chi connectivity index (χ0v) is 11.4. The minimum Gasteiger partial charge on any atom is -0.479 e. The Balaban J connectivity index is 1.84. The summed E-state index contributed by atoms with van der Waals surface area (Å²) in [5.41, 5.74) is 0. The van der Waals surface area contributed by atoms with Gasteiger partial charge in [0.2, 0.25) is 0 Å². The Hall–Kier alpha value is -1.38. The van der Waals surface area contributed by atoms with Crippen LogP contribution in [0.2, 0.25) is 0 Å². The smallest absolute Gasteiger partial charge is 0.334 e. The van der Waals surface area contributed by atoms with E-state index in [1.807, 2.05) is 0 Å². The summed E-state index contributed by atoms with van der Waals surface area (Å²) in [6, 6.07) is -0.122. The Bertz CT molecular complexity index is 357. The SMILES string of the molecule is O=C(O)C1CN(C(=O)N2CCN(CCO)CC2)CCO1. The summed E-state index contributed by atoms with van der Waals surface area (Å²) < 4.78 is 5.11. The number of β-amino-alcohol motifs (C(OH)–C–C–N with tert-alkyl or cyclic N) is 1. The van der Waals surface area contributed by atoms with Gasteiger partial charge in [0.25, 0.3) is 0 Å². The van der Waals surface area contributed by atoms with E-state index < -0.39 is 12.1 Å². The van der Waals surface area contributed by atoms with Crippen molar-refractivity contribution in [3.63, 3.8) is 0 Å². The molecular formula is C12H21N3O5. The maximum Gasteiger partial charge on any atom is 0.334 e. The highest BCUT2D eigenvalue weighted by Crippen LogP contribution is 2.11. The fourth-order valence-corrected chi connectivity index (χ4v) is 2.48. The van der Waals surface area contributed by atoms with E-state index in [1.165, 1.54) is 0 Å². The van der Waals surface area contributed by atoms with E-state index in [2.05, 4.69) is 4.90 Å². The molecule has 0 aliphatic carbocycles. The lowest BCUT2D eigenvalue weighted by molar-refractivity contribution is -0.154. The molecule has 114 valence electrons. The number of aliphatic hydroxyl groups excluding tert-OH is 1. The predicted molar refractivity (Wildman–Crippen MR) is 69.4 cm³/mol. The number of rotatable bonds is 3. The second-order valence-corrected chi connectivity index (χ2v) is 4.98. The number of carboxylic acids is 1. The molecule has 1 unspecified atom stereocenters. The molecule has 0 aromatic carbocycles. The Morgan fingerprint density at radius 1 is 1.10 bits per heavy atom. The molecule has 2 fully saturated rings. The van der Waals surface area contributed by atoms with Crippen molar-refractivity contribution in [1.82, 2.24) is 14.7 Å². The van der Waals surface area contributed by atoms with Gasteiger partial charge in [0.15, 0.2) is 6.10 Å². The summed E-state index contributed by atoms with van der Waals surface area (Å²) >= 11 is 0. The number of nitrogens with zero attached hydrogens (tertiary/aromatic N) is 3. The summed E-state index contributed by atoms with van der Waals surface area (Å²) in [5.74, 6) is -1.03. The lowest BCUT2D eigenvalue weighted by Crippen LogP contribution is -2.57. The molecule has 1 atom stereocenters. The van der Waals surface area contributed by atoms with Gasteiger partial charge >= 0.3 is 12.0 Å². The summed E-state index contributed by atoms with van der Waals surface area (Å²) in [7, 11) is 0. The number of piperazine rings is 1. The zero-order valence-electron chi connectivity index (χ0n) is 11.4. The normalized spacial score (nSPS) is 24.8. The Morgan fingerprint density at radius 3 is 2.40 bits per heavy atom. The van der Waals surface area contributed by atoms with Crippen molar-refractivity contribution in [1.29, 1.82) is 0 Å². The van der Waals surface area contributed by atoms with Crippen molar-refractivity contribution in [3.05, 3.63) is 0 Å². The minimum absolute atomic E-state index is 0.102. The van der Waals surface area contributed by atoms with Gasteiger partial charge in [-0.3, -0.25) is 4.90 Å². The van der Waals surface area contributed by atoms with Crippen molar-refractivity contribution >= 4 is 12.0 Å². The quantitative estimate of drug-likeness (QED) is 0.656. The maximum absolute atomic E-state index is 12.3. The molecule has 2 N–H and O–H groups in total. The molecule has 0 aromatic heterocycles. The fraction of sp³-hybridized carbons (Fsp3) is 0.833. The summed E-state index contributed by atoms with van der Waals surface area (Å²) in [4.78, 5) is 28.6. The molecule has 0 spiro atoms. The molecule has 2 aliphatic heterocycles. The number of amides is 2. The molecule has 8 heteroatoms. The minimum atomic E-state index is -1.03. The zero-order chi connectivity index (χ0) is 14.5. The average Bonchev–Trinajstić information content (AvgIpc) is 2.48. The van der Waals surface area contributed by atoms with Crippen molar-refractivity contribution in [2.24, 2.45) is 0 Å². The molecule has 20 heavy (non-hydrogen) atoms. The number of hydrogen-bond donors (Lipinski definition) is 2. The highest BCUT2D eigenvalue weighted by Gasteiger charge is 2.32. The van der Waals surface area contributed by atoms with Gasteiger partial charge in [-0.1, -0.05) is 0 Å². The van der Waals surface area contributed by atoms with Crippen LogP contribution < -0.4 is 0 Å². The molecule has 2 rings (SSSR count). The van der Waals surface area contributed by atoms with E-state index in [-0.39, 0.29) is 25.8 Å². The number of aliphatic carboxylic acids is 1. The summed E-state index contributed by atoms with van der Waals surface area (Å²) in [6.45, 7) is 4.22. The lowest BCUT2D eigenvalue weighted by atomic mass is 10.2. The van der Waals surface area contributed by atoms with Crippen LogP contribution in [-0.4, -0.2) is 102 Å². The molecule has 0 radical (unpaired) electrons. The topological polar surface area (TPSA) is 93.6 Å². The lowest BCUT2D eigenvalue weighted by Gasteiger charge is -2.39. The van der Waals surface area contributed by atoms with Gasteiger partial charge in [-0.05, 0) is 0 Å². The second-order valence-electron chi connectivity index (χ2n) is 4.98. The van der Waals surface area contributed by atoms with Gasteiger partial charge in [0.05, 0.1) is 19.8 Å². The molecule has 2 heterocycles. The van der Waals surface area contributed by atoms with Crippen molar-refractivity contribution < 1.29 is 24.5 Å². The molecule has 2 amide bonds. The van der Waals surface area contributed by atoms with Gasteiger partial charge in [-0.15, -0.1) is 0 Å². The molecule has 2 aliphatic rings. The molecule has 0 saturated carbocycles. The molecular weight excluding hydrogens is 266 g/mol. The van der Waals surface area contributed by atoms with Crippen molar-refractivity contribution in [2.45, 2.75) is 6.10 Å². The number of carbonyl (C=O) groups is 2. The van der Waals surface area contributed by atoms with Crippen LogP contribution in [0.25, 0.3) is 0 Å². The summed E-state index contributed by atoms with van der Waals surface area (Å²) in [6.07, 6.45) is -0.927. The third kappa shape index (κ3) is 3.59. The second kappa shape index (κ2) is 6.87. The monoisotopic (exact) mass is 287 g/mol. The van der Waals surface area contributed by atoms with Crippen molar-refractivity contribution in [2.75, 3.05) is 59.0 Å². The van der Waals surface area contributed by atoms with Gasteiger partial charge in [0, 0.05) is 39.3 Å². The standard InChI is InChI=1S/C12H21N3O5/c16-7-5-13-1-3-14(4-2-13)12(19)15-6-8-20-10(9-15)11(17)18/h10,16H,1-9H2,(H,17,18). The highest BCUT2D eigenvalue weighted by molar-refractivity contribution is 5.77. The van der Waals surface area contributed by atoms with Crippen LogP contribution in [0.5, 0.6) is 0 Å². The van der Waals surface area contributed by atoms with E-state index in [9.17, 15) is 9.59 Å². The van der Waals surface area contributed by atoms with Crippen LogP contribution >= 0.6 is 0 Å². The Labute approximate surface area is 117 Å². The first-order chi connectivity index (χ1) is 9.61. The van der Waals surface area contributed by atoms with Gasteiger partial charge in [-0.25, -0.2) is 9.59 Å². The van der Waals surface area contributed by atoms with E-state index in [0.717, 1.165) is 13.1 Å². The third-order valence-corrected chi connectivity index (χ3v) is 3.67. The Morgan fingerprint density at radius 2 is 1.80 bits per heavy atom. The number of carboxylic acid groups (broad SMARTS) is 1. The van der Waals surface area contributed by atoms with E-state index in [4.69, 9.17) is 14.9 Å². The first-order valence-corrected chi connectivity index (χ1v) is 6.83. The summed E-state index contributed by atoms with van der Waals surface area (Å²) in [5, 5.41) is 17.8. The third-order valence-electron chi connectivity index (χ3n) is 3.67. The maximum atomic E-state index is 12.3. The average molecular weight is 287 g/mol. The van der Waals surface area contributed by atoms with Crippen molar-refractivity contribution in [3.8, 4) is 0 Å². The number of hydrogen-bond acceptors (Lipinski definition) is 5.